The van der Waals surface area contributed by atoms with E-state index in [2.05, 4.69) is 4.90 Å². The van der Waals surface area contributed by atoms with Crippen molar-refractivity contribution >= 4 is 11.6 Å². The molecule has 2 rings (SSSR count). The number of likely N-dealkylation sites (tertiary alicyclic amines) is 1. The summed E-state index contributed by atoms with van der Waals surface area (Å²) >= 11 is 5.74. The van der Waals surface area contributed by atoms with Crippen molar-refractivity contribution in [2.75, 3.05) is 12.4 Å². The van der Waals surface area contributed by atoms with Crippen LogP contribution < -0.4 is 0 Å². The van der Waals surface area contributed by atoms with E-state index in [4.69, 9.17) is 11.6 Å². The highest BCUT2D eigenvalue weighted by molar-refractivity contribution is 6.17. The maximum atomic E-state index is 13.1. The molecule has 0 bridgehead atoms. The molecule has 1 heterocycles. The number of alkyl halides is 1. The molecule has 0 N–H and O–H groups in total. The summed E-state index contributed by atoms with van der Waals surface area (Å²) in [5.41, 5.74) is 1.07. The highest BCUT2D eigenvalue weighted by Gasteiger charge is 2.23. The zero-order valence-electron chi connectivity index (χ0n) is 10.0. The molecule has 1 atom stereocenters. The Bertz CT molecular complexity index is 356. The van der Waals surface area contributed by atoms with Gasteiger partial charge >= 0.3 is 0 Å². The van der Waals surface area contributed by atoms with Crippen molar-refractivity contribution in [3.05, 3.63) is 35.6 Å². The number of hydrogen-bond donors (Lipinski definition) is 0. The lowest BCUT2D eigenvalue weighted by atomic mass is 10.1. The Morgan fingerprint density at radius 1 is 1.41 bits per heavy atom. The number of halogens is 2. The number of nitrogens with zero attached hydrogens (tertiary/aromatic N) is 1. The van der Waals surface area contributed by atoms with Crippen molar-refractivity contribution in [3.63, 3.8) is 0 Å². The summed E-state index contributed by atoms with van der Waals surface area (Å²) in [6.45, 7) is 1.99. The zero-order valence-corrected chi connectivity index (χ0v) is 10.8. The van der Waals surface area contributed by atoms with Gasteiger partial charge in [0.25, 0.3) is 0 Å². The van der Waals surface area contributed by atoms with E-state index >= 15 is 0 Å². The molecule has 94 valence electrons. The molecule has 0 aliphatic carbocycles. The van der Waals surface area contributed by atoms with Crippen LogP contribution >= 0.6 is 11.6 Å². The van der Waals surface area contributed by atoms with Crippen LogP contribution in [-0.2, 0) is 6.54 Å². The van der Waals surface area contributed by atoms with Gasteiger partial charge in [-0.25, -0.2) is 4.39 Å². The average molecular weight is 256 g/mol. The van der Waals surface area contributed by atoms with Crippen LogP contribution in [0.5, 0.6) is 0 Å². The Balaban J connectivity index is 1.93. The van der Waals surface area contributed by atoms with Crippen molar-refractivity contribution in [3.8, 4) is 0 Å². The van der Waals surface area contributed by atoms with Gasteiger partial charge in [0, 0.05) is 18.5 Å². The highest BCUT2D eigenvalue weighted by atomic mass is 35.5. The van der Waals surface area contributed by atoms with Crippen LogP contribution in [0.4, 0.5) is 4.39 Å². The van der Waals surface area contributed by atoms with Crippen molar-refractivity contribution in [2.24, 2.45) is 0 Å². The lowest BCUT2D eigenvalue weighted by Gasteiger charge is -2.24. The van der Waals surface area contributed by atoms with Crippen molar-refractivity contribution in [1.29, 1.82) is 0 Å². The average Bonchev–Trinajstić information content (AvgIpc) is 2.74. The molecule has 1 aromatic rings. The molecule has 3 heteroatoms. The molecule has 0 amide bonds. The Kier molecular flexibility index (Phi) is 4.81. The van der Waals surface area contributed by atoms with Crippen LogP contribution in [0.15, 0.2) is 24.3 Å². The van der Waals surface area contributed by atoms with Crippen LogP contribution in [0.25, 0.3) is 0 Å². The quantitative estimate of drug-likeness (QED) is 0.724. The van der Waals surface area contributed by atoms with Gasteiger partial charge in [-0.05, 0) is 49.9 Å². The summed E-state index contributed by atoms with van der Waals surface area (Å²) in [6, 6.07) is 7.56. The predicted octanol–water partition coefficient (Wildman–Crippen LogP) is 3.81. The van der Waals surface area contributed by atoms with Gasteiger partial charge in [0.15, 0.2) is 0 Å². The fraction of sp³-hybridized carbons (Fsp3) is 0.571. The van der Waals surface area contributed by atoms with Crippen LogP contribution in [-0.4, -0.2) is 23.4 Å². The minimum Gasteiger partial charge on any atom is -0.296 e. The Morgan fingerprint density at radius 2 is 2.29 bits per heavy atom. The zero-order chi connectivity index (χ0) is 12.1. The molecule has 0 aromatic heterocycles. The first kappa shape index (κ1) is 12.8. The van der Waals surface area contributed by atoms with Crippen LogP contribution in [0.1, 0.15) is 31.2 Å². The maximum Gasteiger partial charge on any atom is 0.123 e. The number of rotatable bonds is 5. The number of hydrogen-bond acceptors (Lipinski definition) is 1. The lowest BCUT2D eigenvalue weighted by Crippen LogP contribution is -2.28. The molecular weight excluding hydrogens is 237 g/mol. The van der Waals surface area contributed by atoms with Crippen LogP contribution in [0.3, 0.4) is 0 Å². The fourth-order valence-electron chi connectivity index (χ4n) is 2.61. The summed E-state index contributed by atoms with van der Waals surface area (Å²) in [6.07, 6.45) is 4.75. The topological polar surface area (TPSA) is 3.24 Å². The van der Waals surface area contributed by atoms with E-state index in [1.54, 1.807) is 12.1 Å². The Morgan fingerprint density at radius 3 is 3.06 bits per heavy atom. The second-order valence-corrected chi connectivity index (χ2v) is 5.11. The minimum absolute atomic E-state index is 0.140. The molecule has 1 aliphatic heterocycles. The molecule has 1 saturated heterocycles. The lowest BCUT2D eigenvalue weighted by molar-refractivity contribution is 0.233. The van der Waals surface area contributed by atoms with E-state index in [1.165, 1.54) is 25.3 Å². The summed E-state index contributed by atoms with van der Waals surface area (Å²) in [5.74, 6) is 0.601. The van der Waals surface area contributed by atoms with Gasteiger partial charge in [0.1, 0.15) is 5.82 Å². The van der Waals surface area contributed by atoms with Gasteiger partial charge in [0.2, 0.25) is 0 Å². The second-order valence-electron chi connectivity index (χ2n) is 4.73. The van der Waals surface area contributed by atoms with Crippen molar-refractivity contribution in [1.82, 2.24) is 4.90 Å². The third-order valence-corrected chi connectivity index (χ3v) is 3.71. The second kappa shape index (κ2) is 6.36. The maximum absolute atomic E-state index is 13.1. The van der Waals surface area contributed by atoms with Gasteiger partial charge in [-0.15, -0.1) is 11.6 Å². The van der Waals surface area contributed by atoms with E-state index in [-0.39, 0.29) is 5.82 Å². The molecule has 0 saturated carbocycles. The van der Waals surface area contributed by atoms with Gasteiger partial charge in [-0.3, -0.25) is 4.90 Å². The molecule has 1 aliphatic rings. The van der Waals surface area contributed by atoms with Gasteiger partial charge in [-0.2, -0.15) is 0 Å². The fourth-order valence-corrected chi connectivity index (χ4v) is 2.77. The summed E-state index contributed by atoms with van der Waals surface area (Å²) < 4.78 is 13.1. The molecule has 0 spiro atoms. The Labute approximate surface area is 108 Å². The number of benzene rings is 1. The first-order valence-electron chi connectivity index (χ1n) is 6.34. The van der Waals surface area contributed by atoms with E-state index in [9.17, 15) is 4.39 Å². The first-order chi connectivity index (χ1) is 8.29. The molecule has 0 radical (unpaired) electrons. The smallest absolute Gasteiger partial charge is 0.123 e. The van der Waals surface area contributed by atoms with Gasteiger partial charge < -0.3 is 0 Å². The highest BCUT2D eigenvalue weighted by Crippen LogP contribution is 2.23. The molecule has 1 aromatic carbocycles. The molecule has 1 fully saturated rings. The molecule has 1 nitrogen and oxygen atoms in total. The van der Waals surface area contributed by atoms with Crippen molar-refractivity contribution in [2.45, 2.75) is 38.3 Å². The van der Waals surface area contributed by atoms with Crippen LogP contribution in [0.2, 0.25) is 0 Å². The summed E-state index contributed by atoms with van der Waals surface area (Å²) in [4.78, 5) is 2.46. The summed E-state index contributed by atoms with van der Waals surface area (Å²) in [5, 5.41) is 0. The van der Waals surface area contributed by atoms with E-state index in [0.29, 0.717) is 6.04 Å². The van der Waals surface area contributed by atoms with Gasteiger partial charge in [0.05, 0.1) is 0 Å². The van der Waals surface area contributed by atoms with Gasteiger partial charge in [-0.1, -0.05) is 12.1 Å². The van der Waals surface area contributed by atoms with E-state index < -0.39 is 0 Å². The predicted molar refractivity (Wildman–Crippen MR) is 69.8 cm³/mol. The molecule has 1 unspecified atom stereocenters. The minimum atomic E-state index is -0.140. The van der Waals surface area contributed by atoms with E-state index in [0.717, 1.165) is 31.0 Å². The Hall–Kier alpha value is -0.600. The standard InChI is InChI=1S/C14H19ClFN/c15-8-2-6-14-7-3-9-17(14)11-12-4-1-5-13(16)10-12/h1,4-5,10,14H,2-3,6-9,11H2. The largest absolute Gasteiger partial charge is 0.296 e. The first-order valence-corrected chi connectivity index (χ1v) is 6.87. The third kappa shape index (κ3) is 3.68. The third-order valence-electron chi connectivity index (χ3n) is 3.44. The summed E-state index contributed by atoms with van der Waals surface area (Å²) in [7, 11) is 0. The molecular formula is C14H19ClFN. The SMILES string of the molecule is Fc1cccc(CN2CCCC2CCCCl)c1. The molecule has 17 heavy (non-hydrogen) atoms. The van der Waals surface area contributed by atoms with Crippen molar-refractivity contribution < 1.29 is 4.39 Å². The van der Waals surface area contributed by atoms with Crippen LogP contribution in [0, 0.1) is 5.82 Å². The normalized spacial score (nSPS) is 20.9. The monoisotopic (exact) mass is 255 g/mol. The van der Waals surface area contributed by atoms with E-state index in [1.807, 2.05) is 6.07 Å².